The molecule has 0 saturated heterocycles. The lowest BCUT2D eigenvalue weighted by Gasteiger charge is -2.23. The summed E-state index contributed by atoms with van der Waals surface area (Å²) in [5.74, 6) is 2.46. The van der Waals surface area contributed by atoms with Crippen LogP contribution < -0.4 is 29.8 Å². The van der Waals surface area contributed by atoms with Crippen LogP contribution in [0.2, 0.25) is 58.9 Å². The molecule has 726 valence electrons. The number of hydrogen-bond acceptors (Lipinski definition) is 6. The van der Waals surface area contributed by atoms with E-state index in [4.69, 9.17) is 14.2 Å². The SMILES string of the molecule is CCc1ccc(-c2cc(-c3ccc(C#N)cc3)c3ccc4c(-c5ccc(CC)cc5)cc(-c5ccc(CC)cc5)c5ccc2c3c45)cc1.COc1ccc(-c2cc(-c3ccc(C#N)cc3)c3ccc4c(-c5ccc(OC)cc5)cc(-c5ccc(OC)cc5)c5ccc2c3c45)cc1.C[Si](C)(C)c1ccc(-c2cc(-c3ccc(C#N)cc3)c3ccc4c(-c5ccc([Si](C)(C)C)cc5)cc(-c5ccc([Si](C)(C)C)cc5)c5ccc2c3c45)cc1. The van der Waals surface area contributed by atoms with Gasteiger partial charge in [-0.2, -0.15) is 15.8 Å². The van der Waals surface area contributed by atoms with E-state index in [9.17, 15) is 15.8 Å². The number of benzene rings is 24. The van der Waals surface area contributed by atoms with Crippen molar-refractivity contribution in [1.82, 2.24) is 0 Å². The molecule has 24 aromatic carbocycles. The largest absolute Gasteiger partial charge is 0.497 e. The van der Waals surface area contributed by atoms with Gasteiger partial charge in [-0.05, 0) is 376 Å². The number of aryl methyl sites for hydroxylation is 3. The Balaban J connectivity index is 0.000000127. The van der Waals surface area contributed by atoms with Crippen molar-refractivity contribution in [3.63, 3.8) is 0 Å². The molecule has 0 heterocycles. The van der Waals surface area contributed by atoms with Crippen molar-refractivity contribution >= 4 is 137 Å². The zero-order valence-corrected chi connectivity index (χ0v) is 90.8. The quantitative estimate of drug-likeness (QED) is 0.0525. The Kier molecular flexibility index (Phi) is 26.0. The molecule has 9 heteroatoms. The molecule has 0 bridgehead atoms. The molecular weight excluding hydrogens is 1870 g/mol. The maximum absolute atomic E-state index is 9.63. The van der Waals surface area contributed by atoms with Gasteiger partial charge in [0.05, 0.1) is 80.4 Å². The van der Waals surface area contributed by atoms with Crippen molar-refractivity contribution < 1.29 is 14.2 Å². The molecule has 0 aliphatic rings. The van der Waals surface area contributed by atoms with E-state index in [2.05, 4.69) is 413 Å². The lowest BCUT2D eigenvalue weighted by atomic mass is 9.81. The van der Waals surface area contributed by atoms with Crippen LogP contribution in [0.3, 0.4) is 0 Å². The predicted octanol–water partition coefficient (Wildman–Crippen LogP) is 36.7. The van der Waals surface area contributed by atoms with Crippen LogP contribution in [-0.4, -0.2) is 45.6 Å². The monoisotopic (exact) mass is 1980 g/mol. The van der Waals surface area contributed by atoms with Crippen LogP contribution in [0.5, 0.6) is 17.2 Å². The van der Waals surface area contributed by atoms with Gasteiger partial charge in [-0.1, -0.05) is 386 Å². The van der Waals surface area contributed by atoms with Gasteiger partial charge in [0.25, 0.3) is 0 Å². The van der Waals surface area contributed by atoms with Crippen molar-refractivity contribution in [1.29, 1.82) is 15.8 Å². The maximum atomic E-state index is 9.63. The Bertz CT molecular complexity index is 8830. The molecule has 0 atom stereocenters. The van der Waals surface area contributed by atoms with Crippen LogP contribution in [0.25, 0.3) is 230 Å². The summed E-state index contributed by atoms with van der Waals surface area (Å²) in [5.41, 5.74) is 34.5. The highest BCUT2D eigenvalue weighted by Gasteiger charge is 2.29. The molecule has 0 amide bonds. The van der Waals surface area contributed by atoms with Crippen molar-refractivity contribution in [2.45, 2.75) is 99.0 Å². The second-order valence-corrected chi connectivity index (χ2v) is 58.2. The molecule has 0 fully saturated rings. The van der Waals surface area contributed by atoms with Crippen molar-refractivity contribution in [3.05, 3.63) is 434 Å². The third kappa shape index (κ3) is 18.2. The highest BCUT2D eigenvalue weighted by atomic mass is 28.3. The van der Waals surface area contributed by atoms with Crippen molar-refractivity contribution in [2.75, 3.05) is 21.3 Å². The number of methoxy groups -OCH3 is 3. The zero-order valence-electron chi connectivity index (χ0n) is 87.8. The third-order valence-corrected chi connectivity index (χ3v) is 37.3. The second-order valence-electron chi connectivity index (χ2n) is 42.9. The minimum atomic E-state index is -1.46. The summed E-state index contributed by atoms with van der Waals surface area (Å²) < 4.78 is 16.5. The first-order valence-electron chi connectivity index (χ1n) is 52.2. The fourth-order valence-corrected chi connectivity index (χ4v) is 26.0. The Morgan fingerprint density at radius 2 is 0.300 bits per heavy atom. The van der Waals surface area contributed by atoms with Gasteiger partial charge >= 0.3 is 0 Å². The molecule has 0 unspecified atom stereocenters. The van der Waals surface area contributed by atoms with E-state index in [1.165, 1.54) is 202 Å². The fraction of sp³-hybridized carbons (Fsp3) is 0.128. The summed E-state index contributed by atoms with van der Waals surface area (Å²) in [4.78, 5) is 0. The predicted molar refractivity (Wildman–Crippen MR) is 647 cm³/mol. The van der Waals surface area contributed by atoms with Crippen LogP contribution in [0.1, 0.15) is 54.2 Å². The molecule has 24 rings (SSSR count). The highest BCUT2D eigenvalue weighted by molar-refractivity contribution is 6.89. The Morgan fingerprint density at radius 1 is 0.173 bits per heavy atom. The average Bonchev–Trinajstić information content (AvgIpc) is 0.712. The molecule has 0 radical (unpaired) electrons. The van der Waals surface area contributed by atoms with Crippen LogP contribution >= 0.6 is 0 Å². The third-order valence-electron chi connectivity index (χ3n) is 31.1. The van der Waals surface area contributed by atoms with Crippen LogP contribution in [-0.2, 0) is 19.3 Å². The average molecular weight is 1990 g/mol. The van der Waals surface area contributed by atoms with E-state index >= 15 is 0 Å². The lowest BCUT2D eigenvalue weighted by Crippen LogP contribution is -2.37. The molecule has 6 nitrogen and oxygen atoms in total. The first-order chi connectivity index (χ1) is 72.8. The minimum absolute atomic E-state index is 0.639. The van der Waals surface area contributed by atoms with Crippen LogP contribution in [0.15, 0.2) is 400 Å². The summed E-state index contributed by atoms with van der Waals surface area (Å²) in [6.45, 7) is 28.4. The van der Waals surface area contributed by atoms with Crippen molar-refractivity contribution in [2.24, 2.45) is 0 Å². The molecule has 0 N–H and O–H groups in total. The standard InChI is InChI=1S/C50H49NSi3.C47H37N.C44H31NO3/c1-52(2,3)38-20-14-35(15-21-38)46-30-45(34-12-10-33(32-51)11-13-34)41-26-27-43-47(36-16-22-39(23-17-36)53(4,5)6)31-48(44-29-28-42(46)49(41)50(43)44)37-18-24-40(25-19-37)54(7,8)9;1-4-30-7-15-34(16-8-30)42-27-43(35-17-9-31(5-2)10-18-35)39-25-26-41-45(37-21-13-33(29-48)14-22-37)28-44(36-19-11-32(6-3)12-20-36)40-24-23-38(42)46(39)47(40)41;1-46-32-14-8-29(9-15-32)40-24-39(28-6-4-27(26-45)5-7-28)35-20-21-37-41(30-10-16-33(47-2)17-11-30)25-42(31-12-18-34(48-3)19-13-31)38-23-22-36(40)43(35)44(37)38/h10-31H,1-9H3;7-28H,4-6H2,1-3H3;4-25H,1-3H3. The van der Waals surface area contributed by atoms with E-state index in [1.54, 1.807) is 21.3 Å². The number of nitriles is 3. The molecule has 0 aliphatic carbocycles. The summed E-state index contributed by atoms with van der Waals surface area (Å²) in [6, 6.07) is 153. The molecule has 0 saturated carbocycles. The van der Waals surface area contributed by atoms with Gasteiger partial charge in [-0.3, -0.25) is 0 Å². The lowest BCUT2D eigenvalue weighted by molar-refractivity contribution is 0.415. The first kappa shape index (κ1) is 97.6. The normalized spacial score (nSPS) is 11.8. The number of hydrogen-bond donors (Lipinski definition) is 0. The summed E-state index contributed by atoms with van der Waals surface area (Å²) in [5, 5.41) is 55.6. The summed E-state index contributed by atoms with van der Waals surface area (Å²) in [6.07, 6.45) is 3.06. The Morgan fingerprint density at radius 3 is 0.420 bits per heavy atom. The first-order valence-corrected chi connectivity index (χ1v) is 62.7. The van der Waals surface area contributed by atoms with Crippen LogP contribution in [0, 0.1) is 34.0 Å². The highest BCUT2D eigenvalue weighted by Crippen LogP contribution is 2.55. The van der Waals surface area contributed by atoms with Gasteiger partial charge in [0.15, 0.2) is 0 Å². The van der Waals surface area contributed by atoms with E-state index < -0.39 is 24.2 Å². The van der Waals surface area contributed by atoms with E-state index in [0.717, 1.165) is 97.5 Å². The smallest absolute Gasteiger partial charge is 0.118 e. The van der Waals surface area contributed by atoms with Crippen molar-refractivity contribution in [3.8, 4) is 169 Å². The molecule has 150 heavy (non-hydrogen) atoms. The molecule has 0 spiro atoms. The number of ether oxygens (including phenoxy) is 3. The Hall–Kier alpha value is -17.1. The Labute approximate surface area is 883 Å². The second kappa shape index (κ2) is 39.9. The minimum Gasteiger partial charge on any atom is -0.497 e. The molecular formula is C141H117N3O3Si3. The van der Waals surface area contributed by atoms with Gasteiger partial charge in [0, 0.05) is 0 Å². The maximum Gasteiger partial charge on any atom is 0.118 e. The van der Waals surface area contributed by atoms with E-state index in [-0.39, 0.29) is 0 Å². The topological polar surface area (TPSA) is 99.1 Å². The van der Waals surface area contributed by atoms with Gasteiger partial charge in [-0.25, -0.2) is 0 Å². The van der Waals surface area contributed by atoms with Gasteiger partial charge < -0.3 is 14.2 Å². The summed E-state index contributed by atoms with van der Waals surface area (Å²) in [7, 11) is 0.696. The molecule has 24 aromatic rings. The van der Waals surface area contributed by atoms with Gasteiger partial charge in [0.2, 0.25) is 0 Å². The fourth-order valence-electron chi connectivity index (χ4n) is 22.5. The van der Waals surface area contributed by atoms with Gasteiger partial charge in [0.1, 0.15) is 17.2 Å². The zero-order chi connectivity index (χ0) is 104. The number of nitrogens with zero attached hydrogens (tertiary/aromatic N) is 3. The van der Waals surface area contributed by atoms with Crippen LogP contribution in [0.4, 0.5) is 0 Å². The molecule has 0 aliphatic heterocycles. The van der Waals surface area contributed by atoms with Gasteiger partial charge in [-0.15, -0.1) is 0 Å². The van der Waals surface area contributed by atoms with E-state index in [1.807, 2.05) is 84.9 Å². The number of rotatable bonds is 21. The summed E-state index contributed by atoms with van der Waals surface area (Å²) >= 11 is 0. The van der Waals surface area contributed by atoms with E-state index in [0.29, 0.717) is 16.7 Å². The molecule has 0 aromatic heterocycles.